The van der Waals surface area contributed by atoms with E-state index in [1.807, 2.05) is 24.0 Å². The number of hydrazone groups is 1. The summed E-state index contributed by atoms with van der Waals surface area (Å²) in [7, 11) is 0. The Labute approximate surface area is 192 Å². The molecule has 2 unspecified atom stereocenters. The highest BCUT2D eigenvalue weighted by atomic mass is 32.1. The van der Waals surface area contributed by atoms with E-state index in [9.17, 15) is 5.11 Å². The van der Waals surface area contributed by atoms with Gasteiger partial charge in [-0.25, -0.2) is 0 Å². The lowest BCUT2D eigenvalue weighted by molar-refractivity contribution is 0.113. The van der Waals surface area contributed by atoms with E-state index >= 15 is 0 Å². The summed E-state index contributed by atoms with van der Waals surface area (Å²) in [6.07, 6.45) is 1.95. The summed E-state index contributed by atoms with van der Waals surface area (Å²) in [5, 5.41) is 18.1. The minimum Gasteiger partial charge on any atom is -0.380 e. The van der Waals surface area contributed by atoms with Gasteiger partial charge in [-0.3, -0.25) is 20.2 Å². The third-order valence-corrected chi connectivity index (χ3v) is 6.15. The van der Waals surface area contributed by atoms with Crippen molar-refractivity contribution in [1.82, 2.24) is 25.5 Å². The van der Waals surface area contributed by atoms with Crippen LogP contribution < -0.4 is 15.6 Å². The molecular weight excluding hydrogens is 414 g/mol. The number of aliphatic hydroxyl groups excluding tert-OH is 1. The summed E-state index contributed by atoms with van der Waals surface area (Å²) in [5.41, 5.74) is 5.72. The van der Waals surface area contributed by atoms with E-state index in [1.54, 1.807) is 13.1 Å². The topological polar surface area (TPSA) is 88.5 Å². The molecular formula is C21H39N7O2S. The maximum Gasteiger partial charge on any atom is 0.141 e. The van der Waals surface area contributed by atoms with Crippen molar-refractivity contribution in [1.29, 1.82) is 0 Å². The smallest absolute Gasteiger partial charge is 0.141 e. The number of pyridine rings is 1. The number of aliphatic hydroxyl groups is 1. The monoisotopic (exact) mass is 453 g/mol. The number of fused-ring (bicyclic) bond motifs is 1. The molecule has 31 heavy (non-hydrogen) atoms. The molecule has 0 spiro atoms. The molecule has 0 radical (unpaired) electrons. The van der Waals surface area contributed by atoms with Crippen LogP contribution in [-0.2, 0) is 4.74 Å². The van der Waals surface area contributed by atoms with E-state index in [4.69, 9.17) is 17.4 Å². The second-order valence-corrected chi connectivity index (χ2v) is 8.32. The Morgan fingerprint density at radius 2 is 2.10 bits per heavy atom. The summed E-state index contributed by atoms with van der Waals surface area (Å²) in [5.74, 6) is 0. The van der Waals surface area contributed by atoms with Gasteiger partial charge in [-0.05, 0) is 26.0 Å². The van der Waals surface area contributed by atoms with E-state index in [0.717, 1.165) is 82.5 Å². The first-order valence-electron chi connectivity index (χ1n) is 11.2. The first-order valence-corrected chi connectivity index (χ1v) is 11.8. The molecule has 10 heteroatoms. The second-order valence-electron chi connectivity index (χ2n) is 7.83. The lowest BCUT2D eigenvalue weighted by Crippen LogP contribution is -2.53. The average Bonchev–Trinajstić information content (AvgIpc) is 2.79. The molecule has 1 aromatic heterocycles. The van der Waals surface area contributed by atoms with Gasteiger partial charge in [0.25, 0.3) is 0 Å². The van der Waals surface area contributed by atoms with Crippen LogP contribution in [0.2, 0.25) is 0 Å². The molecule has 1 saturated heterocycles. The number of piperazine rings is 1. The van der Waals surface area contributed by atoms with Crippen molar-refractivity contribution >= 4 is 24.0 Å². The van der Waals surface area contributed by atoms with Gasteiger partial charge in [0.05, 0.1) is 18.0 Å². The number of aromatic nitrogens is 1. The van der Waals surface area contributed by atoms with Crippen LogP contribution in [-0.4, -0.2) is 103 Å². The van der Waals surface area contributed by atoms with Crippen LogP contribution in [0.25, 0.3) is 0 Å². The molecule has 0 saturated carbocycles. The third kappa shape index (κ3) is 7.03. The number of ether oxygens (including phenoxy) is 1. The maximum absolute atomic E-state index is 10.0. The minimum absolute atomic E-state index is 0. The van der Waals surface area contributed by atoms with E-state index in [2.05, 4.69) is 30.6 Å². The summed E-state index contributed by atoms with van der Waals surface area (Å²) in [6.45, 7) is 13.0. The molecule has 2 aliphatic heterocycles. The van der Waals surface area contributed by atoms with E-state index < -0.39 is 6.23 Å². The molecule has 1 aromatic rings. The Hall–Kier alpha value is -1.43. The first-order chi connectivity index (χ1) is 15.1. The molecule has 0 bridgehead atoms. The minimum atomic E-state index is -0.550. The van der Waals surface area contributed by atoms with Gasteiger partial charge in [0.1, 0.15) is 17.4 Å². The highest BCUT2D eigenvalue weighted by Crippen LogP contribution is 2.26. The number of anilines is 1. The van der Waals surface area contributed by atoms with E-state index in [1.165, 1.54) is 0 Å². The largest absolute Gasteiger partial charge is 0.380 e. The zero-order chi connectivity index (χ0) is 22.1. The molecule has 9 nitrogen and oxygen atoms in total. The summed E-state index contributed by atoms with van der Waals surface area (Å²) in [4.78, 5) is 11.2. The van der Waals surface area contributed by atoms with Crippen molar-refractivity contribution in [2.24, 2.45) is 5.10 Å². The first kappa shape index (κ1) is 24.2. The Bertz CT molecular complexity index is 704. The zero-order valence-corrected chi connectivity index (χ0v) is 19.6. The van der Waals surface area contributed by atoms with Crippen LogP contribution in [0.1, 0.15) is 27.4 Å². The molecule has 0 amide bonds. The van der Waals surface area contributed by atoms with Crippen LogP contribution in [0, 0.1) is 0 Å². The predicted molar refractivity (Wildman–Crippen MR) is 130 cm³/mol. The fourth-order valence-electron chi connectivity index (χ4n) is 3.91. The van der Waals surface area contributed by atoms with Crippen molar-refractivity contribution in [3.05, 3.63) is 24.0 Å². The van der Waals surface area contributed by atoms with Gasteiger partial charge in [-0.1, -0.05) is 0 Å². The molecule has 0 aliphatic carbocycles. The Morgan fingerprint density at radius 3 is 2.84 bits per heavy atom. The summed E-state index contributed by atoms with van der Waals surface area (Å²) in [6, 6.07) is 3.87. The zero-order valence-electron chi connectivity index (χ0n) is 18.7. The van der Waals surface area contributed by atoms with Crippen molar-refractivity contribution in [2.45, 2.75) is 32.0 Å². The molecule has 3 rings (SSSR count). The fourth-order valence-corrected chi connectivity index (χ4v) is 4.20. The van der Waals surface area contributed by atoms with Gasteiger partial charge in [-0.2, -0.15) is 5.10 Å². The predicted octanol–water partition coefficient (Wildman–Crippen LogP) is 0.627. The SMILES string of the molecule is CCOCCNCCN1CCN(C(S)N/N=C2/CCN(C(C)O)c3cccnc32)CC1.[HH]. The van der Waals surface area contributed by atoms with Crippen LogP contribution >= 0.6 is 12.6 Å². The average molecular weight is 454 g/mol. The number of rotatable bonds is 11. The quantitative estimate of drug-likeness (QED) is 0.168. The van der Waals surface area contributed by atoms with Gasteiger partial charge in [0.2, 0.25) is 0 Å². The van der Waals surface area contributed by atoms with Gasteiger partial charge >= 0.3 is 0 Å². The number of nitrogens with one attached hydrogen (secondary N) is 2. The van der Waals surface area contributed by atoms with Crippen molar-refractivity contribution in [3.63, 3.8) is 0 Å². The normalized spacial score (nSPS) is 21.2. The second kappa shape index (κ2) is 12.6. The Balaban J connectivity index is 0.00000363. The Morgan fingerprint density at radius 1 is 1.29 bits per heavy atom. The molecule has 2 aliphatic rings. The highest BCUT2D eigenvalue weighted by molar-refractivity contribution is 7.80. The molecule has 176 valence electrons. The van der Waals surface area contributed by atoms with Gasteiger partial charge in [0.15, 0.2) is 0 Å². The lowest BCUT2D eigenvalue weighted by atomic mass is 10.1. The maximum atomic E-state index is 10.0. The van der Waals surface area contributed by atoms with E-state index in [0.29, 0.717) is 6.54 Å². The van der Waals surface area contributed by atoms with Gasteiger partial charge < -0.3 is 20.1 Å². The van der Waals surface area contributed by atoms with Crippen LogP contribution in [0.15, 0.2) is 23.4 Å². The number of hydrogen-bond donors (Lipinski definition) is 4. The lowest BCUT2D eigenvalue weighted by Gasteiger charge is -2.37. The number of thiol groups is 1. The molecule has 3 heterocycles. The molecule has 1 fully saturated rings. The fraction of sp³-hybridized carbons (Fsp3) is 0.714. The molecule has 0 aromatic carbocycles. The Kier molecular flexibility index (Phi) is 9.82. The molecule has 2 atom stereocenters. The van der Waals surface area contributed by atoms with Crippen LogP contribution in [0.4, 0.5) is 5.69 Å². The van der Waals surface area contributed by atoms with Crippen LogP contribution in [0.3, 0.4) is 0 Å². The van der Waals surface area contributed by atoms with Gasteiger partial charge in [0, 0.05) is 73.0 Å². The number of hydrogen-bond acceptors (Lipinski definition) is 10. The molecule has 3 N–H and O–H groups in total. The van der Waals surface area contributed by atoms with Crippen molar-refractivity contribution in [2.75, 3.05) is 70.5 Å². The van der Waals surface area contributed by atoms with Gasteiger partial charge in [-0.15, -0.1) is 12.6 Å². The highest BCUT2D eigenvalue weighted by Gasteiger charge is 2.26. The van der Waals surface area contributed by atoms with Crippen molar-refractivity contribution < 1.29 is 11.3 Å². The third-order valence-electron chi connectivity index (χ3n) is 5.71. The summed E-state index contributed by atoms with van der Waals surface area (Å²) >= 11 is 4.73. The standard InChI is InChI=1S/C21H37N7O2S.H2/c1-3-30-16-9-22-8-11-26-12-14-27(15-13-26)21(31)25-24-18-6-10-28(17(2)29)19-5-4-7-23-20(18)19;/h4-5,7,17,21-22,25,29,31H,3,6,8-16H2,1-2H3;1H/b24-18-;. The number of nitrogens with zero attached hydrogens (tertiary/aromatic N) is 5. The van der Waals surface area contributed by atoms with Crippen LogP contribution in [0.5, 0.6) is 0 Å². The summed E-state index contributed by atoms with van der Waals surface area (Å²) < 4.78 is 5.34. The van der Waals surface area contributed by atoms with E-state index in [-0.39, 0.29) is 6.92 Å². The van der Waals surface area contributed by atoms with Crippen molar-refractivity contribution in [3.8, 4) is 0 Å².